The lowest BCUT2D eigenvalue weighted by atomic mass is 9.43. The first-order chi connectivity index (χ1) is 18.9. The fourth-order valence-corrected chi connectivity index (χ4v) is 7.03. The zero-order valence-electron chi connectivity index (χ0n) is 23.5. The molecule has 4 fully saturated rings. The van der Waals surface area contributed by atoms with Crippen LogP contribution in [0.2, 0.25) is 5.82 Å². The summed E-state index contributed by atoms with van der Waals surface area (Å²) in [6.45, 7) is 7.06. The number of hydrogen-bond acceptors (Lipinski definition) is 5. The molecule has 3 unspecified atom stereocenters. The zero-order chi connectivity index (χ0) is 28.7. The second-order valence-electron chi connectivity index (χ2n) is 12.3. The molecule has 2 aromatic carbocycles. The van der Waals surface area contributed by atoms with Crippen molar-refractivity contribution in [2.45, 2.75) is 76.4 Å². The molecule has 1 saturated heterocycles. The predicted octanol–water partition coefficient (Wildman–Crippen LogP) is 5.17. The number of halogens is 3. The molecule has 2 aromatic rings. The molecular weight excluding hydrogens is 520 g/mol. The number of carbonyl (C=O) groups is 1. The summed E-state index contributed by atoms with van der Waals surface area (Å²) in [6.07, 6.45) is -1.69. The number of nitrogens with one attached hydrogen (secondary N) is 2. The van der Waals surface area contributed by atoms with Gasteiger partial charge in [-0.25, -0.2) is 0 Å². The molecule has 6 rings (SSSR count). The Morgan fingerprint density at radius 3 is 2.35 bits per heavy atom. The van der Waals surface area contributed by atoms with Gasteiger partial charge in [0.25, 0.3) is 0 Å². The Morgan fingerprint density at radius 1 is 1.05 bits per heavy atom. The van der Waals surface area contributed by atoms with Crippen LogP contribution in [0.1, 0.15) is 44.7 Å². The van der Waals surface area contributed by atoms with Crippen LogP contribution in [-0.4, -0.2) is 50.7 Å². The van der Waals surface area contributed by atoms with Crippen LogP contribution in [-0.2, 0) is 26.9 Å². The lowest BCUT2D eigenvalue weighted by molar-refractivity contribution is -0.274. The average molecular weight is 558 g/mol. The van der Waals surface area contributed by atoms with Crippen molar-refractivity contribution in [3.05, 3.63) is 65.7 Å². The number of carbonyl (C=O) groups excluding carboxylic acids is 1. The summed E-state index contributed by atoms with van der Waals surface area (Å²) in [6, 6.07) is 15.2. The fraction of sp³-hybridized carbons (Fsp3) is 0.567. The number of alkyl halides is 3. The molecule has 2 bridgehead atoms. The van der Waals surface area contributed by atoms with Crippen molar-refractivity contribution in [3.63, 3.8) is 0 Å². The van der Waals surface area contributed by atoms with Crippen molar-refractivity contribution in [3.8, 4) is 5.75 Å². The minimum absolute atomic E-state index is 0.0156. The Kier molecular flexibility index (Phi) is 7.98. The van der Waals surface area contributed by atoms with Crippen molar-refractivity contribution in [2.75, 3.05) is 13.6 Å². The maximum Gasteiger partial charge on any atom is 0.573 e. The van der Waals surface area contributed by atoms with Gasteiger partial charge in [0, 0.05) is 12.4 Å². The third kappa shape index (κ3) is 5.90. The van der Waals surface area contributed by atoms with Crippen molar-refractivity contribution in [2.24, 2.45) is 17.3 Å². The summed E-state index contributed by atoms with van der Waals surface area (Å²) in [5.74, 6) is 0.354. The third-order valence-electron chi connectivity index (χ3n) is 9.49. The summed E-state index contributed by atoms with van der Waals surface area (Å²) < 4.78 is 55.2. The van der Waals surface area contributed by atoms with Crippen LogP contribution in [0.15, 0.2) is 54.6 Å². The van der Waals surface area contributed by atoms with E-state index in [1.165, 1.54) is 12.1 Å². The molecule has 0 radical (unpaired) electrons. The van der Waals surface area contributed by atoms with Gasteiger partial charge in [-0.05, 0) is 80.2 Å². The van der Waals surface area contributed by atoms with E-state index >= 15 is 0 Å². The van der Waals surface area contributed by atoms with Crippen LogP contribution in [0, 0.1) is 17.3 Å². The van der Waals surface area contributed by atoms with Gasteiger partial charge in [0.1, 0.15) is 5.75 Å². The van der Waals surface area contributed by atoms with Gasteiger partial charge in [0.05, 0.1) is 17.7 Å². The van der Waals surface area contributed by atoms with Crippen molar-refractivity contribution in [1.29, 1.82) is 0 Å². The lowest BCUT2D eigenvalue weighted by Crippen LogP contribution is -2.65. The van der Waals surface area contributed by atoms with Crippen LogP contribution in [0.25, 0.3) is 0 Å². The Hall–Kier alpha value is -2.56. The van der Waals surface area contributed by atoms with Crippen LogP contribution in [0.5, 0.6) is 5.75 Å². The highest BCUT2D eigenvalue weighted by molar-refractivity contribution is 6.47. The normalized spacial score (nSPS) is 28.3. The van der Waals surface area contributed by atoms with E-state index in [9.17, 15) is 18.0 Å². The monoisotopic (exact) mass is 558 g/mol. The van der Waals surface area contributed by atoms with Gasteiger partial charge in [0.2, 0.25) is 5.91 Å². The molecule has 1 amide bonds. The molecule has 0 spiro atoms. The van der Waals surface area contributed by atoms with Crippen LogP contribution < -0.4 is 15.4 Å². The highest BCUT2D eigenvalue weighted by atomic mass is 19.4. The van der Waals surface area contributed by atoms with E-state index < -0.39 is 25.1 Å². The molecule has 1 aliphatic heterocycles. The number of amides is 1. The molecule has 6 atom stereocenters. The summed E-state index contributed by atoms with van der Waals surface area (Å²) in [4.78, 5) is 13.2. The van der Waals surface area contributed by atoms with E-state index in [-0.39, 0.29) is 29.0 Å². The van der Waals surface area contributed by atoms with Crippen LogP contribution in [0.4, 0.5) is 13.2 Å². The van der Waals surface area contributed by atoms with E-state index in [0.29, 0.717) is 31.2 Å². The first-order valence-corrected chi connectivity index (χ1v) is 14.1. The topological polar surface area (TPSA) is 68.8 Å². The minimum Gasteiger partial charge on any atom is -0.406 e. The number of rotatable bonds is 10. The first kappa shape index (κ1) is 29.0. The van der Waals surface area contributed by atoms with Gasteiger partial charge in [0.15, 0.2) is 0 Å². The van der Waals surface area contributed by atoms with E-state index in [4.69, 9.17) is 9.31 Å². The van der Waals surface area contributed by atoms with E-state index in [1.807, 2.05) is 30.3 Å². The Balaban J connectivity index is 1.30. The SMILES string of the molecule is CN[C@@H](Cc1ccccc1)C(=O)NC[C@@H](Cc1ccc(OC(F)(F)F)cc1)B1OC2CC3CC(C3(C)C)[C@@]2(C)O1. The summed E-state index contributed by atoms with van der Waals surface area (Å²) in [5.41, 5.74) is 1.64. The number of likely N-dealkylation sites (N-methyl/N-ethyl adjacent to an activating group) is 1. The highest BCUT2D eigenvalue weighted by Crippen LogP contribution is 2.66. The molecule has 4 aliphatic rings. The summed E-state index contributed by atoms with van der Waals surface area (Å²) in [5, 5.41) is 6.20. The number of ether oxygens (including phenoxy) is 1. The molecule has 3 saturated carbocycles. The van der Waals surface area contributed by atoms with Gasteiger partial charge >= 0.3 is 13.5 Å². The Labute approximate surface area is 234 Å². The van der Waals surface area contributed by atoms with E-state index in [1.54, 1.807) is 19.2 Å². The van der Waals surface area contributed by atoms with Gasteiger partial charge in [-0.2, -0.15) is 0 Å². The quantitative estimate of drug-likeness (QED) is 0.394. The second kappa shape index (κ2) is 11.0. The molecule has 2 N–H and O–H groups in total. The molecule has 0 aromatic heterocycles. The van der Waals surface area contributed by atoms with E-state index in [2.05, 4.69) is 36.1 Å². The molecule has 6 nitrogen and oxygen atoms in total. The molecule has 10 heteroatoms. The summed E-state index contributed by atoms with van der Waals surface area (Å²) in [7, 11) is 1.22. The molecule has 40 heavy (non-hydrogen) atoms. The molecule has 3 aliphatic carbocycles. The van der Waals surface area contributed by atoms with Gasteiger partial charge in [-0.1, -0.05) is 56.3 Å². The largest absolute Gasteiger partial charge is 0.573 e. The highest BCUT2D eigenvalue weighted by Gasteiger charge is 2.68. The van der Waals surface area contributed by atoms with Crippen LogP contribution in [0.3, 0.4) is 0 Å². The van der Waals surface area contributed by atoms with E-state index in [0.717, 1.165) is 24.0 Å². The first-order valence-electron chi connectivity index (χ1n) is 14.1. The average Bonchev–Trinajstić information content (AvgIpc) is 3.27. The smallest absolute Gasteiger partial charge is 0.406 e. The van der Waals surface area contributed by atoms with Crippen molar-refractivity contribution >= 4 is 13.0 Å². The van der Waals surface area contributed by atoms with Crippen LogP contribution >= 0.6 is 0 Å². The minimum atomic E-state index is -4.75. The molecule has 216 valence electrons. The Bertz CT molecular complexity index is 1180. The second-order valence-corrected chi connectivity index (χ2v) is 12.3. The van der Waals surface area contributed by atoms with Gasteiger partial charge in [-0.3, -0.25) is 4.79 Å². The maximum absolute atomic E-state index is 13.2. The van der Waals surface area contributed by atoms with Gasteiger partial charge < -0.3 is 24.7 Å². The number of hydrogen-bond donors (Lipinski definition) is 2. The zero-order valence-corrected chi connectivity index (χ0v) is 23.5. The molecular formula is C30H38BF3N2O4. The van der Waals surface area contributed by atoms with Crippen molar-refractivity contribution in [1.82, 2.24) is 10.6 Å². The Morgan fingerprint density at radius 2 is 1.73 bits per heavy atom. The predicted molar refractivity (Wildman–Crippen MR) is 147 cm³/mol. The third-order valence-corrected chi connectivity index (χ3v) is 9.49. The maximum atomic E-state index is 13.2. The number of benzene rings is 2. The fourth-order valence-electron chi connectivity index (χ4n) is 7.03. The molecule has 1 heterocycles. The van der Waals surface area contributed by atoms with Crippen molar-refractivity contribution < 1.29 is 32.0 Å². The lowest BCUT2D eigenvalue weighted by Gasteiger charge is -2.64. The van der Waals surface area contributed by atoms with Gasteiger partial charge in [-0.15, -0.1) is 13.2 Å². The standard InChI is InChI=1S/C30H38BF3N2O4/c1-28(2)21-16-25(28)29(3)26(17-21)39-31(40-29)22(14-20-10-12-23(13-11-20)38-30(32,33)34)18-36-27(37)24(35-4)15-19-8-6-5-7-9-19/h5-13,21-22,24-26,35H,14-18H2,1-4H3,(H,36,37)/t21?,22-,24+,25?,26?,29-/m1/s1. The summed E-state index contributed by atoms with van der Waals surface area (Å²) >= 11 is 0.